The first-order valence-electron chi connectivity index (χ1n) is 6.06. The van der Waals surface area contributed by atoms with Gasteiger partial charge in [0, 0.05) is 17.8 Å². The molecule has 0 aliphatic rings. The Morgan fingerprint density at radius 1 is 1.42 bits per heavy atom. The average molecular weight is 266 g/mol. The Morgan fingerprint density at radius 2 is 2.05 bits per heavy atom. The second kappa shape index (κ2) is 6.17. The maximum Gasteiger partial charge on any atom is 0.340 e. The van der Waals surface area contributed by atoms with Gasteiger partial charge < -0.3 is 10.5 Å². The molecule has 0 aliphatic carbocycles. The van der Waals surface area contributed by atoms with E-state index >= 15 is 0 Å². The van der Waals surface area contributed by atoms with E-state index in [4.69, 9.17) is 10.5 Å². The molecule has 6 heteroatoms. The third kappa shape index (κ3) is 4.24. The lowest BCUT2D eigenvalue weighted by atomic mass is 10.1. The van der Waals surface area contributed by atoms with Crippen LogP contribution in [0, 0.1) is 16.0 Å². The number of carbonyl (C=O) groups is 1. The quantitative estimate of drug-likeness (QED) is 0.382. The molecule has 0 spiro atoms. The van der Waals surface area contributed by atoms with Gasteiger partial charge in [-0.2, -0.15) is 0 Å². The average Bonchev–Trinajstić information content (AvgIpc) is 2.27. The number of anilines is 1. The van der Waals surface area contributed by atoms with Crippen LogP contribution in [0.15, 0.2) is 18.2 Å². The van der Waals surface area contributed by atoms with Crippen molar-refractivity contribution in [3.05, 3.63) is 33.9 Å². The molecule has 0 saturated carbocycles. The topological polar surface area (TPSA) is 95.5 Å². The highest BCUT2D eigenvalue weighted by atomic mass is 16.6. The van der Waals surface area contributed by atoms with Gasteiger partial charge in [-0.15, -0.1) is 0 Å². The zero-order valence-electron chi connectivity index (χ0n) is 11.3. The van der Waals surface area contributed by atoms with E-state index in [1.165, 1.54) is 12.1 Å². The lowest BCUT2D eigenvalue weighted by Gasteiger charge is -2.15. The number of nitro benzene ring substituents is 1. The fourth-order valence-corrected chi connectivity index (χ4v) is 1.79. The number of carbonyl (C=O) groups excluding carboxylic acids is 1. The number of ether oxygens (including phenoxy) is 1. The normalized spacial score (nSPS) is 12.2. The van der Waals surface area contributed by atoms with Gasteiger partial charge in [-0.05, 0) is 25.3 Å². The first-order valence-corrected chi connectivity index (χ1v) is 6.06. The highest BCUT2D eigenvalue weighted by Gasteiger charge is 2.19. The molecular formula is C13H18N2O4. The van der Waals surface area contributed by atoms with Gasteiger partial charge in [0.2, 0.25) is 0 Å². The molecule has 0 radical (unpaired) electrons. The third-order valence-corrected chi connectivity index (χ3v) is 2.58. The molecule has 104 valence electrons. The van der Waals surface area contributed by atoms with Crippen LogP contribution in [0.5, 0.6) is 0 Å². The first-order chi connectivity index (χ1) is 8.81. The zero-order chi connectivity index (χ0) is 14.6. The largest absolute Gasteiger partial charge is 0.459 e. The van der Waals surface area contributed by atoms with Gasteiger partial charge in [-0.3, -0.25) is 10.1 Å². The number of benzene rings is 1. The van der Waals surface area contributed by atoms with Gasteiger partial charge in [0.05, 0.1) is 16.6 Å². The van der Waals surface area contributed by atoms with Crippen LogP contribution >= 0.6 is 0 Å². The van der Waals surface area contributed by atoms with Crippen molar-refractivity contribution in [1.29, 1.82) is 0 Å². The molecule has 1 rings (SSSR count). The number of hydrogen-bond donors (Lipinski definition) is 1. The standard InChI is InChI=1S/C13H18N2O4/c1-8(2)6-9(3)19-13(16)11-7-10(15(17)18)4-5-12(11)14/h4-5,7-9H,6,14H2,1-3H3. The van der Waals surface area contributed by atoms with Crippen molar-refractivity contribution >= 4 is 17.3 Å². The summed E-state index contributed by atoms with van der Waals surface area (Å²) >= 11 is 0. The van der Waals surface area contributed by atoms with E-state index in [0.717, 1.165) is 12.5 Å². The Morgan fingerprint density at radius 3 is 2.58 bits per heavy atom. The van der Waals surface area contributed by atoms with Crippen LogP contribution in [0.4, 0.5) is 11.4 Å². The van der Waals surface area contributed by atoms with Crippen LogP contribution in [-0.2, 0) is 4.74 Å². The molecule has 1 atom stereocenters. The van der Waals surface area contributed by atoms with Gasteiger partial charge in [0.1, 0.15) is 0 Å². The van der Waals surface area contributed by atoms with Gasteiger partial charge in [-0.1, -0.05) is 13.8 Å². The van der Waals surface area contributed by atoms with Crippen molar-refractivity contribution in [3.8, 4) is 0 Å². The van der Waals surface area contributed by atoms with E-state index in [0.29, 0.717) is 5.92 Å². The summed E-state index contributed by atoms with van der Waals surface area (Å²) in [5.74, 6) is -0.236. The Labute approximate surface area is 111 Å². The molecule has 0 saturated heterocycles. The highest BCUT2D eigenvalue weighted by Crippen LogP contribution is 2.21. The van der Waals surface area contributed by atoms with Crippen molar-refractivity contribution < 1.29 is 14.5 Å². The molecule has 1 aromatic rings. The number of rotatable bonds is 5. The second-order valence-electron chi connectivity index (χ2n) is 4.87. The molecule has 0 aromatic heterocycles. The van der Waals surface area contributed by atoms with Gasteiger partial charge in [0.15, 0.2) is 0 Å². The maximum atomic E-state index is 11.9. The van der Waals surface area contributed by atoms with E-state index in [1.807, 2.05) is 13.8 Å². The van der Waals surface area contributed by atoms with Crippen molar-refractivity contribution in [2.45, 2.75) is 33.3 Å². The minimum atomic E-state index is -0.630. The summed E-state index contributed by atoms with van der Waals surface area (Å²) in [4.78, 5) is 22.0. The number of hydrogen-bond acceptors (Lipinski definition) is 5. The minimum Gasteiger partial charge on any atom is -0.459 e. The van der Waals surface area contributed by atoms with Crippen LogP contribution in [0.25, 0.3) is 0 Å². The Bertz CT molecular complexity index is 486. The predicted molar refractivity (Wildman–Crippen MR) is 71.8 cm³/mol. The van der Waals surface area contributed by atoms with Crippen molar-refractivity contribution in [1.82, 2.24) is 0 Å². The Balaban J connectivity index is 2.87. The Kier molecular flexibility index (Phi) is 4.86. The predicted octanol–water partition coefficient (Wildman–Crippen LogP) is 2.77. The number of non-ortho nitro benzene ring substituents is 1. The summed E-state index contributed by atoms with van der Waals surface area (Å²) in [6.45, 7) is 5.82. The summed E-state index contributed by atoms with van der Waals surface area (Å²) in [5.41, 5.74) is 5.67. The van der Waals surface area contributed by atoms with Crippen LogP contribution in [-0.4, -0.2) is 17.0 Å². The van der Waals surface area contributed by atoms with Gasteiger partial charge in [-0.25, -0.2) is 4.79 Å². The monoisotopic (exact) mass is 266 g/mol. The molecule has 1 unspecified atom stereocenters. The number of nitrogens with zero attached hydrogens (tertiary/aromatic N) is 1. The molecule has 0 heterocycles. The first kappa shape index (κ1) is 14.9. The lowest BCUT2D eigenvalue weighted by Crippen LogP contribution is -2.18. The SMILES string of the molecule is CC(C)CC(C)OC(=O)c1cc([N+](=O)[O-])ccc1N. The summed E-state index contributed by atoms with van der Waals surface area (Å²) in [6, 6.07) is 3.73. The fraction of sp³-hybridized carbons (Fsp3) is 0.462. The summed E-state index contributed by atoms with van der Waals surface area (Å²) < 4.78 is 5.22. The van der Waals surface area contributed by atoms with Crippen molar-refractivity contribution in [3.63, 3.8) is 0 Å². The van der Waals surface area contributed by atoms with Crippen LogP contribution in [0.3, 0.4) is 0 Å². The fourth-order valence-electron chi connectivity index (χ4n) is 1.79. The maximum absolute atomic E-state index is 11.9. The molecule has 0 bridgehead atoms. The van der Waals surface area contributed by atoms with Crippen molar-refractivity contribution in [2.75, 3.05) is 5.73 Å². The zero-order valence-corrected chi connectivity index (χ0v) is 11.3. The summed E-state index contributed by atoms with van der Waals surface area (Å²) in [7, 11) is 0. The number of nitrogens with two attached hydrogens (primary N) is 1. The molecule has 19 heavy (non-hydrogen) atoms. The molecular weight excluding hydrogens is 248 g/mol. The smallest absolute Gasteiger partial charge is 0.340 e. The minimum absolute atomic E-state index is 0.0322. The summed E-state index contributed by atoms with van der Waals surface area (Å²) in [5, 5.41) is 10.7. The molecule has 1 aromatic carbocycles. The Hall–Kier alpha value is -2.11. The molecule has 0 fully saturated rings. The van der Waals surface area contributed by atoms with E-state index in [2.05, 4.69) is 0 Å². The van der Waals surface area contributed by atoms with Crippen molar-refractivity contribution in [2.24, 2.45) is 5.92 Å². The second-order valence-corrected chi connectivity index (χ2v) is 4.87. The lowest BCUT2D eigenvalue weighted by molar-refractivity contribution is -0.384. The number of nitrogen functional groups attached to an aromatic ring is 1. The van der Waals surface area contributed by atoms with Crippen LogP contribution in [0.1, 0.15) is 37.6 Å². The van der Waals surface area contributed by atoms with Crippen LogP contribution < -0.4 is 5.73 Å². The van der Waals surface area contributed by atoms with E-state index < -0.39 is 10.9 Å². The highest BCUT2D eigenvalue weighted by molar-refractivity contribution is 5.95. The van der Waals surface area contributed by atoms with E-state index in [9.17, 15) is 14.9 Å². The summed E-state index contributed by atoms with van der Waals surface area (Å²) in [6.07, 6.45) is 0.465. The van der Waals surface area contributed by atoms with Crippen LogP contribution in [0.2, 0.25) is 0 Å². The number of esters is 1. The van der Waals surface area contributed by atoms with Gasteiger partial charge >= 0.3 is 5.97 Å². The molecule has 0 aliphatic heterocycles. The van der Waals surface area contributed by atoms with E-state index in [1.54, 1.807) is 6.92 Å². The van der Waals surface area contributed by atoms with E-state index in [-0.39, 0.29) is 23.0 Å². The van der Waals surface area contributed by atoms with Gasteiger partial charge in [0.25, 0.3) is 5.69 Å². The molecule has 2 N–H and O–H groups in total. The molecule has 6 nitrogen and oxygen atoms in total. The third-order valence-electron chi connectivity index (χ3n) is 2.58. The molecule has 0 amide bonds. The number of nitro groups is 1.